The predicted octanol–water partition coefficient (Wildman–Crippen LogP) is 4.69. The van der Waals surface area contributed by atoms with E-state index < -0.39 is 0 Å². The van der Waals surface area contributed by atoms with Gasteiger partial charge < -0.3 is 4.98 Å². The van der Waals surface area contributed by atoms with Crippen LogP contribution in [-0.2, 0) is 0 Å². The molecule has 0 saturated heterocycles. The molecule has 20 heavy (non-hydrogen) atoms. The molecule has 0 fully saturated rings. The van der Waals surface area contributed by atoms with Crippen LogP contribution in [0.2, 0.25) is 0 Å². The third-order valence-corrected chi connectivity index (χ3v) is 3.72. The maximum absolute atomic E-state index is 4.56. The van der Waals surface area contributed by atoms with Crippen molar-refractivity contribution in [3.05, 3.63) is 66.4 Å². The first-order valence-corrected chi connectivity index (χ1v) is 6.75. The van der Waals surface area contributed by atoms with Crippen LogP contribution in [0, 0.1) is 6.92 Å². The Bertz CT molecular complexity index is 905. The summed E-state index contributed by atoms with van der Waals surface area (Å²) in [6.07, 6.45) is 1.89. The predicted molar refractivity (Wildman–Crippen MR) is 83.8 cm³/mol. The highest BCUT2D eigenvalue weighted by Crippen LogP contribution is 2.31. The first-order valence-electron chi connectivity index (χ1n) is 6.75. The first kappa shape index (κ1) is 11.2. The third kappa shape index (κ3) is 1.62. The summed E-state index contributed by atoms with van der Waals surface area (Å²) in [5.74, 6) is 0. The Balaban J connectivity index is 2.11. The van der Waals surface area contributed by atoms with E-state index in [4.69, 9.17) is 0 Å². The average molecular weight is 258 g/mol. The Morgan fingerprint density at radius 2 is 1.75 bits per heavy atom. The third-order valence-electron chi connectivity index (χ3n) is 3.72. The van der Waals surface area contributed by atoms with Crippen molar-refractivity contribution in [2.45, 2.75) is 6.92 Å². The van der Waals surface area contributed by atoms with Crippen LogP contribution >= 0.6 is 0 Å². The van der Waals surface area contributed by atoms with Gasteiger partial charge in [0.2, 0.25) is 0 Å². The van der Waals surface area contributed by atoms with Crippen molar-refractivity contribution >= 4 is 21.8 Å². The van der Waals surface area contributed by atoms with Gasteiger partial charge in [-0.2, -0.15) is 0 Å². The van der Waals surface area contributed by atoms with E-state index in [0.29, 0.717) is 0 Å². The number of fused-ring (bicyclic) bond motifs is 3. The summed E-state index contributed by atoms with van der Waals surface area (Å²) in [7, 11) is 0. The van der Waals surface area contributed by atoms with Gasteiger partial charge in [-0.1, -0.05) is 42.5 Å². The van der Waals surface area contributed by atoms with Crippen LogP contribution in [0.15, 0.2) is 60.8 Å². The fourth-order valence-electron chi connectivity index (χ4n) is 2.76. The second kappa shape index (κ2) is 4.20. The van der Waals surface area contributed by atoms with Gasteiger partial charge in [-0.25, -0.2) is 0 Å². The van der Waals surface area contributed by atoms with Crippen LogP contribution < -0.4 is 0 Å². The molecule has 1 N–H and O–H groups in total. The molecule has 0 atom stereocenters. The summed E-state index contributed by atoms with van der Waals surface area (Å²) in [4.78, 5) is 8.09. The minimum Gasteiger partial charge on any atom is -0.353 e. The van der Waals surface area contributed by atoms with Gasteiger partial charge in [0, 0.05) is 28.0 Å². The van der Waals surface area contributed by atoms with Gasteiger partial charge >= 0.3 is 0 Å². The Labute approximate surface area is 117 Å². The minimum absolute atomic E-state index is 1.01. The van der Waals surface area contributed by atoms with Crippen LogP contribution in [0.3, 0.4) is 0 Å². The van der Waals surface area contributed by atoms with Crippen molar-refractivity contribution in [1.82, 2.24) is 9.97 Å². The number of rotatable bonds is 1. The van der Waals surface area contributed by atoms with Crippen molar-refractivity contribution in [2.75, 3.05) is 0 Å². The number of aryl methyl sites for hydroxylation is 1. The quantitative estimate of drug-likeness (QED) is 0.527. The fraction of sp³-hybridized carbons (Fsp3) is 0.0556. The number of aromatic nitrogens is 2. The Kier molecular flexibility index (Phi) is 2.36. The molecule has 96 valence electrons. The zero-order valence-corrected chi connectivity index (χ0v) is 11.2. The van der Waals surface area contributed by atoms with Crippen molar-refractivity contribution in [2.24, 2.45) is 0 Å². The SMILES string of the molecule is Cc1ccc2c(c1)[nH]c1c(-c3ccccc3)nccc12. The minimum atomic E-state index is 1.01. The number of hydrogen-bond acceptors (Lipinski definition) is 1. The van der Waals surface area contributed by atoms with Crippen LogP contribution in [0.25, 0.3) is 33.1 Å². The van der Waals surface area contributed by atoms with Crippen molar-refractivity contribution in [3.63, 3.8) is 0 Å². The molecule has 0 aliphatic rings. The molecule has 0 radical (unpaired) electrons. The van der Waals surface area contributed by atoms with E-state index >= 15 is 0 Å². The van der Waals surface area contributed by atoms with E-state index in [1.165, 1.54) is 21.9 Å². The first-order chi connectivity index (χ1) is 9.83. The van der Waals surface area contributed by atoms with Gasteiger partial charge in [-0.05, 0) is 24.6 Å². The van der Waals surface area contributed by atoms with Crippen LogP contribution in [0.1, 0.15) is 5.56 Å². The Morgan fingerprint density at radius 3 is 2.60 bits per heavy atom. The summed E-state index contributed by atoms with van der Waals surface area (Å²) in [6.45, 7) is 2.11. The molecule has 2 nitrogen and oxygen atoms in total. The second-order valence-corrected chi connectivity index (χ2v) is 5.12. The number of nitrogens with zero attached hydrogens (tertiary/aromatic N) is 1. The molecule has 2 heteroatoms. The summed E-state index contributed by atoms with van der Waals surface area (Å²) in [5, 5.41) is 2.49. The van der Waals surface area contributed by atoms with E-state index in [1.54, 1.807) is 0 Å². The summed E-state index contributed by atoms with van der Waals surface area (Å²) >= 11 is 0. The maximum atomic E-state index is 4.56. The molecule has 0 aliphatic carbocycles. The van der Waals surface area contributed by atoms with E-state index in [9.17, 15) is 0 Å². The molecule has 0 saturated carbocycles. The summed E-state index contributed by atoms with van der Waals surface area (Å²) in [5.41, 5.74) is 5.70. The maximum Gasteiger partial charge on any atom is 0.0943 e. The smallest absolute Gasteiger partial charge is 0.0943 e. The molecule has 2 heterocycles. The normalized spacial score (nSPS) is 11.2. The largest absolute Gasteiger partial charge is 0.353 e. The van der Waals surface area contributed by atoms with Gasteiger partial charge in [-0.3, -0.25) is 4.98 Å². The molecule has 0 spiro atoms. The van der Waals surface area contributed by atoms with Gasteiger partial charge in [-0.15, -0.1) is 0 Å². The summed E-state index contributed by atoms with van der Waals surface area (Å²) in [6, 6.07) is 18.9. The van der Waals surface area contributed by atoms with Crippen LogP contribution in [0.4, 0.5) is 0 Å². The average Bonchev–Trinajstić information content (AvgIpc) is 2.85. The second-order valence-electron chi connectivity index (χ2n) is 5.12. The highest BCUT2D eigenvalue weighted by atomic mass is 14.8. The number of hydrogen-bond donors (Lipinski definition) is 1. The highest BCUT2D eigenvalue weighted by molar-refractivity contribution is 6.11. The van der Waals surface area contributed by atoms with Gasteiger partial charge in [0.1, 0.15) is 0 Å². The van der Waals surface area contributed by atoms with E-state index in [2.05, 4.69) is 53.3 Å². The van der Waals surface area contributed by atoms with E-state index in [-0.39, 0.29) is 0 Å². The molecule has 0 bridgehead atoms. The van der Waals surface area contributed by atoms with E-state index in [1.807, 2.05) is 24.4 Å². The molecule has 2 aromatic carbocycles. The highest BCUT2D eigenvalue weighted by Gasteiger charge is 2.10. The lowest BCUT2D eigenvalue weighted by Gasteiger charge is -2.01. The number of nitrogens with one attached hydrogen (secondary N) is 1. The number of pyridine rings is 1. The lowest BCUT2D eigenvalue weighted by Crippen LogP contribution is -1.84. The zero-order chi connectivity index (χ0) is 13.5. The molecular formula is C18H14N2. The Hall–Kier alpha value is -2.61. The number of H-pyrrole nitrogens is 1. The monoisotopic (exact) mass is 258 g/mol. The molecule has 0 aliphatic heterocycles. The standard InChI is InChI=1S/C18H14N2/c1-12-7-8-14-15-9-10-19-17(13-5-3-2-4-6-13)18(15)20-16(14)11-12/h2-11,20H,1H3. The van der Waals surface area contributed by atoms with Crippen molar-refractivity contribution in [3.8, 4) is 11.3 Å². The van der Waals surface area contributed by atoms with Gasteiger partial charge in [0.15, 0.2) is 0 Å². The lowest BCUT2D eigenvalue weighted by atomic mass is 10.1. The van der Waals surface area contributed by atoms with Crippen LogP contribution in [0.5, 0.6) is 0 Å². The number of aromatic amines is 1. The molecule has 0 amide bonds. The van der Waals surface area contributed by atoms with Crippen molar-refractivity contribution < 1.29 is 0 Å². The van der Waals surface area contributed by atoms with Crippen LogP contribution in [-0.4, -0.2) is 9.97 Å². The molecule has 4 rings (SSSR count). The molecule has 2 aromatic heterocycles. The molecule has 4 aromatic rings. The van der Waals surface area contributed by atoms with E-state index in [0.717, 1.165) is 16.8 Å². The lowest BCUT2D eigenvalue weighted by molar-refractivity contribution is 1.34. The molecular weight excluding hydrogens is 244 g/mol. The zero-order valence-electron chi connectivity index (χ0n) is 11.2. The van der Waals surface area contributed by atoms with Crippen molar-refractivity contribution in [1.29, 1.82) is 0 Å². The number of benzene rings is 2. The van der Waals surface area contributed by atoms with Gasteiger partial charge in [0.05, 0.1) is 11.2 Å². The van der Waals surface area contributed by atoms with Gasteiger partial charge in [0.25, 0.3) is 0 Å². The fourth-order valence-corrected chi connectivity index (χ4v) is 2.76. The molecule has 0 unspecified atom stereocenters. The Morgan fingerprint density at radius 1 is 0.900 bits per heavy atom. The topological polar surface area (TPSA) is 28.7 Å². The summed E-state index contributed by atoms with van der Waals surface area (Å²) < 4.78 is 0.